The maximum Gasteiger partial charge on any atom is 0.268 e. The van der Waals surface area contributed by atoms with Gasteiger partial charge in [-0.15, -0.1) is 0 Å². The zero-order valence-electron chi connectivity index (χ0n) is 61.4. The van der Waals surface area contributed by atoms with Crippen LogP contribution in [0.15, 0.2) is 0 Å². The lowest BCUT2D eigenvalue weighted by molar-refractivity contribution is -0.870. The van der Waals surface area contributed by atoms with Gasteiger partial charge in [-0.3, -0.25) is 9.36 Å². The maximum absolute atomic E-state index is 13.1. The van der Waals surface area contributed by atoms with Crippen molar-refractivity contribution in [2.24, 2.45) is 0 Å². The maximum atomic E-state index is 13.1. The van der Waals surface area contributed by atoms with Crippen LogP contribution in [0.5, 0.6) is 0 Å². The zero-order valence-corrected chi connectivity index (χ0v) is 62.3. The summed E-state index contributed by atoms with van der Waals surface area (Å²) in [5.74, 6) is -0.151. The Hall–Kier alpha value is -0.500. The minimum absolute atomic E-state index is 0.0172. The van der Waals surface area contributed by atoms with Gasteiger partial charge in [0.15, 0.2) is 0 Å². The molecule has 0 heterocycles. The number of quaternary nitrogens is 1. The molecule has 0 bridgehead atoms. The number of rotatable bonds is 78. The van der Waals surface area contributed by atoms with Gasteiger partial charge in [0.05, 0.1) is 39.9 Å². The van der Waals surface area contributed by atoms with Gasteiger partial charge in [-0.25, -0.2) is 0 Å². The third-order valence-corrected chi connectivity index (χ3v) is 20.6. The summed E-state index contributed by atoms with van der Waals surface area (Å²) >= 11 is 0. The molecule has 0 aliphatic carbocycles. The molecule has 3 atom stereocenters. The van der Waals surface area contributed by atoms with Crippen LogP contribution < -0.4 is 10.2 Å². The predicted octanol–water partition coefficient (Wildman–Crippen LogP) is 26.0. The molecule has 0 radical (unpaired) electrons. The molecule has 0 rings (SSSR count). The van der Waals surface area contributed by atoms with Crippen molar-refractivity contribution in [2.75, 3.05) is 40.9 Å². The molecule has 0 saturated carbocycles. The van der Waals surface area contributed by atoms with E-state index in [4.69, 9.17) is 9.05 Å². The molecule has 1 amide bonds. The summed E-state index contributed by atoms with van der Waals surface area (Å²) in [5, 5.41) is 14.2. The highest BCUT2D eigenvalue weighted by Crippen LogP contribution is 2.38. The van der Waals surface area contributed by atoms with Crippen LogP contribution in [0.4, 0.5) is 0 Å². The molecule has 8 nitrogen and oxygen atoms in total. The quantitative estimate of drug-likeness (QED) is 0.0357. The number of hydrogen-bond donors (Lipinski definition) is 2. The average Bonchev–Trinajstić information content (AvgIpc) is 3.64. The van der Waals surface area contributed by atoms with Crippen LogP contribution in [0, 0.1) is 0 Å². The first kappa shape index (κ1) is 88.5. The summed E-state index contributed by atoms with van der Waals surface area (Å²) in [6.45, 7) is 4.81. The molecule has 0 aromatic heterocycles. The monoisotopic (exact) mass is 1280 g/mol. The summed E-state index contributed by atoms with van der Waals surface area (Å²) < 4.78 is 23.6. The van der Waals surface area contributed by atoms with Crippen molar-refractivity contribution in [3.63, 3.8) is 0 Å². The Kier molecular flexibility index (Phi) is 71.4. The van der Waals surface area contributed by atoms with Crippen LogP contribution in [0.1, 0.15) is 457 Å². The molecule has 0 aliphatic rings. The second-order valence-electron chi connectivity index (χ2n) is 29.9. The summed E-state index contributed by atoms with van der Waals surface area (Å²) in [4.78, 5) is 25.8. The number of hydrogen-bond acceptors (Lipinski definition) is 6. The van der Waals surface area contributed by atoms with Gasteiger partial charge in [-0.2, -0.15) is 0 Å². The fraction of sp³-hybridized carbons (Fsp3) is 0.988. The van der Waals surface area contributed by atoms with Crippen molar-refractivity contribution >= 4 is 13.7 Å². The van der Waals surface area contributed by atoms with Crippen LogP contribution in [0.3, 0.4) is 0 Å². The number of nitrogens with one attached hydrogen (secondary N) is 1. The summed E-state index contributed by atoms with van der Waals surface area (Å²) in [5.41, 5.74) is 0. The molecular formula is C80H163N2O6P. The smallest absolute Gasteiger partial charge is 0.268 e. The minimum Gasteiger partial charge on any atom is -0.756 e. The van der Waals surface area contributed by atoms with E-state index < -0.39 is 20.0 Å². The van der Waals surface area contributed by atoms with Crippen LogP contribution in [-0.2, 0) is 18.4 Å². The van der Waals surface area contributed by atoms with E-state index in [1.807, 2.05) is 21.1 Å². The Morgan fingerprint density at radius 1 is 0.348 bits per heavy atom. The lowest BCUT2D eigenvalue weighted by atomic mass is 10.0. The first-order valence-electron chi connectivity index (χ1n) is 40.9. The Morgan fingerprint density at radius 3 is 0.764 bits per heavy atom. The zero-order chi connectivity index (χ0) is 64.8. The number of aliphatic hydroxyl groups excluding tert-OH is 1. The molecule has 3 unspecified atom stereocenters. The summed E-state index contributed by atoms with van der Waals surface area (Å²) in [7, 11) is 1.34. The third-order valence-electron chi connectivity index (χ3n) is 19.6. The number of amides is 1. The highest BCUT2D eigenvalue weighted by atomic mass is 31.2. The molecule has 89 heavy (non-hydrogen) atoms. The highest BCUT2D eigenvalue weighted by Gasteiger charge is 2.24. The second kappa shape index (κ2) is 71.8. The average molecular weight is 1280 g/mol. The SMILES string of the molecule is CCCCCCCCCCCCCCCCCCCCCCCCCCCCCCCCCCCCCC(=O)NC(COP(=O)([O-])OCC[N+](C)(C)C)C(O)CCCCCCCCCCCCCCCCCCCCCCCCCCCCCCCCCC. The lowest BCUT2D eigenvalue weighted by Crippen LogP contribution is -2.46. The van der Waals surface area contributed by atoms with Gasteiger partial charge in [-0.1, -0.05) is 438 Å². The number of phosphoric acid groups is 1. The standard InChI is InChI=1S/C80H163N2O6P/c1-6-8-10-12-14-16-18-20-22-24-26-28-30-32-34-36-38-40-41-42-44-46-48-50-52-54-56-58-60-62-64-66-68-70-72-74-80(84)81-78(77-88-89(85,86)87-76-75-82(3,4)5)79(83)73-71-69-67-65-63-61-59-57-55-53-51-49-47-45-43-39-37-35-33-31-29-27-25-23-21-19-17-15-13-11-9-7-2/h78-79,83H,6-77H2,1-5H3,(H-,81,84,85,86). The molecule has 0 aromatic carbocycles. The molecule has 0 saturated heterocycles. The number of likely N-dealkylation sites (N-methyl/N-ethyl adjacent to an activating group) is 1. The number of nitrogens with zero attached hydrogens (tertiary/aromatic N) is 1. The molecule has 0 aliphatic heterocycles. The number of carbonyl (C=O) groups is 1. The van der Waals surface area contributed by atoms with Crippen molar-refractivity contribution < 1.29 is 32.9 Å². The van der Waals surface area contributed by atoms with Gasteiger partial charge in [0.2, 0.25) is 5.91 Å². The molecule has 0 spiro atoms. The van der Waals surface area contributed by atoms with E-state index in [0.29, 0.717) is 23.9 Å². The van der Waals surface area contributed by atoms with Crippen molar-refractivity contribution in [2.45, 2.75) is 469 Å². The van der Waals surface area contributed by atoms with E-state index in [1.54, 1.807) is 0 Å². The summed E-state index contributed by atoms with van der Waals surface area (Å²) in [6.07, 6.45) is 92.4. The van der Waals surface area contributed by atoms with E-state index in [1.165, 1.54) is 392 Å². The Labute approximate surface area is 559 Å². The first-order valence-corrected chi connectivity index (χ1v) is 42.3. The van der Waals surface area contributed by atoms with E-state index >= 15 is 0 Å². The van der Waals surface area contributed by atoms with Gasteiger partial charge >= 0.3 is 0 Å². The van der Waals surface area contributed by atoms with E-state index in [-0.39, 0.29) is 19.1 Å². The number of unbranched alkanes of at least 4 members (excludes halogenated alkanes) is 65. The largest absolute Gasteiger partial charge is 0.756 e. The van der Waals surface area contributed by atoms with E-state index in [9.17, 15) is 19.4 Å². The van der Waals surface area contributed by atoms with Crippen LogP contribution in [-0.4, -0.2) is 68.5 Å². The van der Waals surface area contributed by atoms with Crippen LogP contribution in [0.25, 0.3) is 0 Å². The number of phosphoric ester groups is 1. The van der Waals surface area contributed by atoms with Crippen molar-refractivity contribution in [1.29, 1.82) is 0 Å². The van der Waals surface area contributed by atoms with Gasteiger partial charge < -0.3 is 28.8 Å². The molecule has 2 N–H and O–H groups in total. The normalized spacial score (nSPS) is 13.4. The van der Waals surface area contributed by atoms with Gasteiger partial charge in [0.25, 0.3) is 7.82 Å². The number of aliphatic hydroxyl groups is 1. The fourth-order valence-electron chi connectivity index (χ4n) is 13.3. The van der Waals surface area contributed by atoms with Crippen molar-refractivity contribution in [3.8, 4) is 0 Å². The first-order chi connectivity index (χ1) is 43.5. The highest BCUT2D eigenvalue weighted by molar-refractivity contribution is 7.45. The van der Waals surface area contributed by atoms with Crippen LogP contribution in [0.2, 0.25) is 0 Å². The molecule has 534 valence electrons. The van der Waals surface area contributed by atoms with Gasteiger partial charge in [0, 0.05) is 6.42 Å². The Balaban J connectivity index is 3.88. The minimum atomic E-state index is -4.58. The molecule has 9 heteroatoms. The third kappa shape index (κ3) is 74.8. The second-order valence-corrected chi connectivity index (χ2v) is 31.3. The van der Waals surface area contributed by atoms with E-state index in [0.717, 1.165) is 38.5 Å². The van der Waals surface area contributed by atoms with Crippen molar-refractivity contribution in [1.82, 2.24) is 5.32 Å². The Morgan fingerprint density at radius 2 is 0.551 bits per heavy atom. The van der Waals surface area contributed by atoms with Gasteiger partial charge in [-0.05, 0) is 12.8 Å². The molecule has 0 aromatic rings. The van der Waals surface area contributed by atoms with E-state index in [2.05, 4.69) is 19.2 Å². The predicted molar refractivity (Wildman–Crippen MR) is 390 cm³/mol. The van der Waals surface area contributed by atoms with Crippen molar-refractivity contribution in [3.05, 3.63) is 0 Å². The molecular weight excluding hydrogens is 1120 g/mol. The van der Waals surface area contributed by atoms with Gasteiger partial charge in [0.1, 0.15) is 13.2 Å². The number of carbonyl (C=O) groups excluding carboxylic acids is 1. The van der Waals surface area contributed by atoms with Crippen LogP contribution >= 0.6 is 7.82 Å². The molecule has 0 fully saturated rings. The lowest BCUT2D eigenvalue weighted by Gasteiger charge is -2.30. The topological polar surface area (TPSA) is 108 Å². The fourth-order valence-corrected chi connectivity index (χ4v) is 14.0. The summed E-state index contributed by atoms with van der Waals surface area (Å²) in [6, 6.07) is -0.798. The Bertz CT molecular complexity index is 1410.